The molecule has 7 nitrogen and oxygen atoms in total. The minimum absolute atomic E-state index is 0.0291. The zero-order valence-electron chi connectivity index (χ0n) is 14.7. The molecule has 0 atom stereocenters. The number of anilines is 1. The fourth-order valence-corrected chi connectivity index (χ4v) is 2.46. The second-order valence-corrected chi connectivity index (χ2v) is 5.66. The summed E-state index contributed by atoms with van der Waals surface area (Å²) in [6.07, 6.45) is 0. The van der Waals surface area contributed by atoms with Gasteiger partial charge in [0.1, 0.15) is 11.5 Å². The molecular weight excluding hydrogens is 367 g/mol. The van der Waals surface area contributed by atoms with Gasteiger partial charge in [-0.3, -0.25) is 14.9 Å². The summed E-state index contributed by atoms with van der Waals surface area (Å²) < 4.78 is 24.4. The molecule has 3 rings (SSSR count). The zero-order valence-corrected chi connectivity index (χ0v) is 14.7. The fraction of sp³-hybridized carbons (Fsp3) is 0.0500. The predicted octanol–water partition coefficient (Wildman–Crippen LogP) is 4.79. The van der Waals surface area contributed by atoms with Gasteiger partial charge in [-0.1, -0.05) is 18.2 Å². The number of ether oxygens (including phenoxy) is 2. The summed E-state index contributed by atoms with van der Waals surface area (Å²) in [5, 5.41) is 13.6. The van der Waals surface area contributed by atoms with E-state index in [1.54, 1.807) is 30.3 Å². The average molecular weight is 382 g/mol. The minimum Gasteiger partial charge on any atom is -0.494 e. The van der Waals surface area contributed by atoms with Crippen LogP contribution in [0, 0.1) is 15.9 Å². The number of benzene rings is 3. The molecule has 0 saturated heterocycles. The number of nitrogens with zero attached hydrogens (tertiary/aromatic N) is 1. The molecule has 3 aromatic carbocycles. The lowest BCUT2D eigenvalue weighted by molar-refractivity contribution is -0.384. The van der Waals surface area contributed by atoms with E-state index in [-0.39, 0.29) is 28.4 Å². The van der Waals surface area contributed by atoms with Crippen LogP contribution >= 0.6 is 0 Å². The van der Waals surface area contributed by atoms with E-state index in [1.165, 1.54) is 31.4 Å². The Morgan fingerprint density at radius 2 is 1.75 bits per heavy atom. The number of methoxy groups -OCH3 is 1. The van der Waals surface area contributed by atoms with E-state index in [2.05, 4.69) is 5.32 Å². The van der Waals surface area contributed by atoms with Crippen molar-refractivity contribution in [2.24, 2.45) is 0 Å². The number of carbonyl (C=O) groups is 1. The first kappa shape index (κ1) is 18.8. The van der Waals surface area contributed by atoms with Crippen LogP contribution in [0.2, 0.25) is 0 Å². The number of nitro benzene ring substituents is 1. The molecule has 1 N–H and O–H groups in total. The third-order valence-electron chi connectivity index (χ3n) is 3.80. The molecule has 0 radical (unpaired) electrons. The Morgan fingerprint density at radius 3 is 2.39 bits per heavy atom. The maximum Gasteiger partial charge on any atom is 0.270 e. The van der Waals surface area contributed by atoms with Crippen molar-refractivity contribution in [1.82, 2.24) is 0 Å². The van der Waals surface area contributed by atoms with E-state index in [9.17, 15) is 19.3 Å². The molecule has 0 aliphatic carbocycles. The maximum atomic E-state index is 13.8. The number of rotatable bonds is 6. The van der Waals surface area contributed by atoms with Gasteiger partial charge in [-0.15, -0.1) is 0 Å². The first-order valence-electron chi connectivity index (χ1n) is 8.14. The first-order chi connectivity index (χ1) is 13.5. The van der Waals surface area contributed by atoms with Crippen LogP contribution in [-0.4, -0.2) is 17.9 Å². The van der Waals surface area contributed by atoms with Crippen LogP contribution in [0.4, 0.5) is 15.8 Å². The summed E-state index contributed by atoms with van der Waals surface area (Å²) in [6.45, 7) is 0. The van der Waals surface area contributed by atoms with Gasteiger partial charge < -0.3 is 14.8 Å². The number of nitro groups is 1. The summed E-state index contributed by atoms with van der Waals surface area (Å²) in [5.74, 6) is -0.718. The Balaban J connectivity index is 1.93. The summed E-state index contributed by atoms with van der Waals surface area (Å²) in [5.41, 5.74) is -0.166. The SMILES string of the molecule is COc1ccc(NC(=O)c2cc([N+](=O)[O-])ccc2Oc2ccccc2)cc1F. The minimum atomic E-state index is -0.681. The summed E-state index contributed by atoms with van der Waals surface area (Å²) >= 11 is 0. The standard InChI is InChI=1S/C20H15FN2O5/c1-27-19-9-7-13(11-17(19)21)22-20(24)16-12-14(23(25)26)8-10-18(16)28-15-5-3-2-4-6-15/h2-12H,1H3,(H,22,24). The molecule has 28 heavy (non-hydrogen) atoms. The van der Waals surface area contributed by atoms with Crippen molar-refractivity contribution >= 4 is 17.3 Å². The Bertz CT molecular complexity index is 1020. The largest absolute Gasteiger partial charge is 0.494 e. The van der Waals surface area contributed by atoms with Crippen LogP contribution in [0.3, 0.4) is 0 Å². The summed E-state index contributed by atoms with van der Waals surface area (Å²) in [6, 6.07) is 16.3. The summed E-state index contributed by atoms with van der Waals surface area (Å²) in [7, 11) is 1.33. The molecule has 0 spiro atoms. The van der Waals surface area contributed by atoms with E-state index in [0.29, 0.717) is 5.75 Å². The second-order valence-electron chi connectivity index (χ2n) is 5.66. The Labute approximate surface area is 159 Å². The van der Waals surface area contributed by atoms with Gasteiger partial charge in [0, 0.05) is 23.9 Å². The van der Waals surface area contributed by atoms with Gasteiger partial charge in [-0.2, -0.15) is 0 Å². The summed E-state index contributed by atoms with van der Waals surface area (Å²) in [4.78, 5) is 23.2. The second kappa shape index (κ2) is 8.17. The van der Waals surface area contributed by atoms with Crippen LogP contribution in [0.1, 0.15) is 10.4 Å². The number of carbonyl (C=O) groups excluding carboxylic acids is 1. The van der Waals surface area contributed by atoms with Crippen molar-refractivity contribution in [3.05, 3.63) is 88.2 Å². The molecular formula is C20H15FN2O5. The first-order valence-corrected chi connectivity index (χ1v) is 8.14. The molecule has 0 aliphatic rings. The van der Waals surface area contributed by atoms with E-state index in [1.807, 2.05) is 0 Å². The highest BCUT2D eigenvalue weighted by Crippen LogP contribution is 2.30. The molecule has 0 saturated carbocycles. The Morgan fingerprint density at radius 1 is 1.04 bits per heavy atom. The monoisotopic (exact) mass is 382 g/mol. The molecule has 0 unspecified atom stereocenters. The van der Waals surface area contributed by atoms with Gasteiger partial charge in [0.15, 0.2) is 11.6 Å². The predicted molar refractivity (Wildman–Crippen MR) is 101 cm³/mol. The van der Waals surface area contributed by atoms with Crippen molar-refractivity contribution in [3.63, 3.8) is 0 Å². The van der Waals surface area contributed by atoms with Crippen LogP contribution in [0.5, 0.6) is 17.2 Å². The third-order valence-corrected chi connectivity index (χ3v) is 3.80. The van der Waals surface area contributed by atoms with Gasteiger partial charge in [0.05, 0.1) is 17.6 Å². The van der Waals surface area contributed by atoms with Crippen molar-refractivity contribution in [2.75, 3.05) is 12.4 Å². The molecule has 0 heterocycles. The van der Waals surface area contributed by atoms with Gasteiger partial charge in [-0.05, 0) is 30.3 Å². The molecule has 3 aromatic rings. The molecule has 0 fully saturated rings. The smallest absolute Gasteiger partial charge is 0.270 e. The number of hydrogen-bond acceptors (Lipinski definition) is 5. The molecule has 8 heteroatoms. The molecule has 142 valence electrons. The fourth-order valence-electron chi connectivity index (χ4n) is 2.46. The van der Waals surface area contributed by atoms with Crippen LogP contribution in [-0.2, 0) is 0 Å². The molecule has 1 amide bonds. The number of non-ortho nitro benzene ring substituents is 1. The number of nitrogens with one attached hydrogen (secondary N) is 1. The Hall–Kier alpha value is -3.94. The van der Waals surface area contributed by atoms with Gasteiger partial charge >= 0.3 is 0 Å². The third kappa shape index (κ3) is 4.24. The molecule has 0 aliphatic heterocycles. The number of halogens is 1. The zero-order chi connectivity index (χ0) is 20.1. The van der Waals surface area contributed by atoms with E-state index in [4.69, 9.17) is 9.47 Å². The van der Waals surface area contributed by atoms with Gasteiger partial charge in [0.25, 0.3) is 11.6 Å². The quantitative estimate of drug-likeness (QED) is 0.489. The van der Waals surface area contributed by atoms with Crippen LogP contribution < -0.4 is 14.8 Å². The lowest BCUT2D eigenvalue weighted by Crippen LogP contribution is -2.13. The highest BCUT2D eigenvalue weighted by atomic mass is 19.1. The van der Waals surface area contributed by atoms with E-state index < -0.39 is 16.6 Å². The van der Waals surface area contributed by atoms with Gasteiger partial charge in [-0.25, -0.2) is 4.39 Å². The highest BCUT2D eigenvalue weighted by Gasteiger charge is 2.19. The maximum absolute atomic E-state index is 13.8. The number of hydrogen-bond donors (Lipinski definition) is 1. The highest BCUT2D eigenvalue weighted by molar-refractivity contribution is 6.06. The van der Waals surface area contributed by atoms with E-state index in [0.717, 1.165) is 12.1 Å². The number of para-hydroxylation sites is 1. The van der Waals surface area contributed by atoms with Gasteiger partial charge in [0.2, 0.25) is 0 Å². The molecule has 0 aromatic heterocycles. The van der Waals surface area contributed by atoms with Crippen LogP contribution in [0.15, 0.2) is 66.7 Å². The van der Waals surface area contributed by atoms with Crippen LogP contribution in [0.25, 0.3) is 0 Å². The normalized spacial score (nSPS) is 10.2. The lowest BCUT2D eigenvalue weighted by Gasteiger charge is -2.12. The van der Waals surface area contributed by atoms with Crippen molar-refractivity contribution in [1.29, 1.82) is 0 Å². The topological polar surface area (TPSA) is 90.7 Å². The van der Waals surface area contributed by atoms with Crippen molar-refractivity contribution in [2.45, 2.75) is 0 Å². The van der Waals surface area contributed by atoms with E-state index >= 15 is 0 Å². The van der Waals surface area contributed by atoms with Crippen molar-refractivity contribution in [3.8, 4) is 17.2 Å². The molecule has 0 bridgehead atoms. The van der Waals surface area contributed by atoms with Crippen molar-refractivity contribution < 1.29 is 23.6 Å². The Kier molecular flexibility index (Phi) is 5.50. The lowest BCUT2D eigenvalue weighted by atomic mass is 10.1. The average Bonchev–Trinajstić information content (AvgIpc) is 2.69. The number of amides is 1.